The van der Waals surface area contributed by atoms with Crippen LogP contribution in [0, 0.1) is 10.8 Å². The Balaban J connectivity index is 2.30. The number of benzene rings is 1. The van der Waals surface area contributed by atoms with E-state index in [-0.39, 0.29) is 28.5 Å². The number of hydrogen-bond donors (Lipinski definition) is 6. The van der Waals surface area contributed by atoms with E-state index in [1.165, 1.54) is 13.3 Å². The van der Waals surface area contributed by atoms with Crippen LogP contribution in [0.25, 0.3) is 5.57 Å². The van der Waals surface area contributed by atoms with E-state index in [1.807, 2.05) is 11.9 Å². The van der Waals surface area contributed by atoms with Crippen molar-refractivity contribution < 1.29 is 9.94 Å². The fraction of sp³-hybridized carbons (Fsp3) is 0.480. The normalized spacial score (nSPS) is 18.3. The number of methoxy groups -OCH3 is 1. The summed E-state index contributed by atoms with van der Waals surface area (Å²) in [6.45, 7) is 8.73. The van der Waals surface area contributed by atoms with Gasteiger partial charge in [-0.25, -0.2) is 0 Å². The van der Waals surface area contributed by atoms with E-state index >= 15 is 0 Å². The van der Waals surface area contributed by atoms with Crippen molar-refractivity contribution >= 4 is 29.0 Å². The fourth-order valence-electron chi connectivity index (χ4n) is 4.76. The van der Waals surface area contributed by atoms with E-state index < -0.39 is 0 Å². The van der Waals surface area contributed by atoms with Gasteiger partial charge in [-0.15, -0.1) is 0 Å². The van der Waals surface area contributed by atoms with Gasteiger partial charge in [0.25, 0.3) is 0 Å². The third-order valence-electron chi connectivity index (χ3n) is 6.00. The monoisotopic (exact) mass is 469 g/mol. The van der Waals surface area contributed by atoms with Crippen molar-refractivity contribution in [3.05, 3.63) is 41.6 Å². The number of nitrogens with zero attached hydrogens (tertiary/aromatic N) is 2. The lowest BCUT2D eigenvalue weighted by molar-refractivity contribution is 0.114. The van der Waals surface area contributed by atoms with Crippen molar-refractivity contribution in [2.24, 2.45) is 10.7 Å². The molecule has 0 bridgehead atoms. The van der Waals surface area contributed by atoms with Crippen molar-refractivity contribution in [2.75, 3.05) is 26.7 Å². The molecular formula is C25H39N7O2. The van der Waals surface area contributed by atoms with Crippen molar-refractivity contribution in [2.45, 2.75) is 57.7 Å². The van der Waals surface area contributed by atoms with Gasteiger partial charge in [0.1, 0.15) is 11.6 Å². The second-order valence-electron chi connectivity index (χ2n) is 9.92. The van der Waals surface area contributed by atoms with E-state index in [1.54, 1.807) is 37.5 Å². The quantitative estimate of drug-likeness (QED) is 0.195. The predicted molar refractivity (Wildman–Crippen MR) is 141 cm³/mol. The summed E-state index contributed by atoms with van der Waals surface area (Å²) in [5.74, 6) is 0.694. The summed E-state index contributed by atoms with van der Waals surface area (Å²) in [5, 5.41) is 30.6. The van der Waals surface area contributed by atoms with Crippen LogP contribution in [-0.2, 0) is 0 Å². The molecule has 1 aliphatic heterocycles. The van der Waals surface area contributed by atoms with Gasteiger partial charge in [-0.05, 0) is 70.4 Å². The number of amidine groups is 1. The molecule has 1 fully saturated rings. The highest BCUT2D eigenvalue weighted by Crippen LogP contribution is 2.33. The molecule has 0 radical (unpaired) electrons. The van der Waals surface area contributed by atoms with Gasteiger partial charge in [0.05, 0.1) is 24.1 Å². The van der Waals surface area contributed by atoms with Crippen LogP contribution in [0.4, 0.5) is 5.69 Å². The zero-order chi connectivity index (χ0) is 25.7. The molecule has 0 saturated carbocycles. The standard InChI is InChI=1S/C25H39N7O2/c1-24(2)12-18(13-25(3,4)31-24)32(6)22(28)9-8-19(27)23-20(30-33)10-16(11-21(23)34-7)17(14-26)15-29-5/h8-11,14-15,18,27-28,30-31,33H,12-13,26H2,1-7H3. The highest BCUT2D eigenvalue weighted by atomic mass is 16.5. The van der Waals surface area contributed by atoms with E-state index in [2.05, 4.69) is 43.5 Å². The Labute approximate surface area is 202 Å². The fourth-order valence-corrected chi connectivity index (χ4v) is 4.76. The highest BCUT2D eigenvalue weighted by Gasteiger charge is 2.39. The minimum absolute atomic E-state index is 0.0342. The molecule has 1 aromatic carbocycles. The molecule has 186 valence electrons. The Morgan fingerprint density at radius 3 is 2.35 bits per heavy atom. The summed E-state index contributed by atoms with van der Waals surface area (Å²) < 4.78 is 5.51. The van der Waals surface area contributed by atoms with E-state index in [4.69, 9.17) is 21.3 Å². The number of nitrogens with two attached hydrogens (primary N) is 1. The maximum absolute atomic E-state index is 9.76. The van der Waals surface area contributed by atoms with Crippen LogP contribution in [0.2, 0.25) is 0 Å². The summed E-state index contributed by atoms with van der Waals surface area (Å²) in [7, 11) is 5.06. The number of allylic oxidation sites excluding steroid dienone is 2. The predicted octanol–water partition coefficient (Wildman–Crippen LogP) is 3.64. The molecule has 1 aromatic rings. The molecule has 0 unspecified atom stereocenters. The summed E-state index contributed by atoms with van der Waals surface area (Å²) in [6, 6.07) is 3.59. The lowest BCUT2D eigenvalue weighted by Gasteiger charge is -2.49. The van der Waals surface area contributed by atoms with Crippen LogP contribution in [-0.4, -0.2) is 66.2 Å². The van der Waals surface area contributed by atoms with Crippen molar-refractivity contribution in [3.8, 4) is 5.75 Å². The van der Waals surface area contributed by atoms with Crippen LogP contribution < -0.4 is 21.3 Å². The topological polar surface area (TPSA) is 143 Å². The number of likely N-dealkylation sites (N-methyl/N-ethyl adjacent to an activating group) is 1. The van der Waals surface area contributed by atoms with E-state index in [0.717, 1.165) is 12.8 Å². The number of hydrogen-bond acceptors (Lipinski definition) is 8. The van der Waals surface area contributed by atoms with E-state index in [0.29, 0.717) is 28.3 Å². The molecule has 9 heteroatoms. The van der Waals surface area contributed by atoms with E-state index in [9.17, 15) is 5.21 Å². The second-order valence-corrected chi connectivity index (χ2v) is 9.92. The molecule has 0 amide bonds. The summed E-state index contributed by atoms with van der Waals surface area (Å²) in [6.07, 6.45) is 7.98. The molecule has 0 spiro atoms. The zero-order valence-electron chi connectivity index (χ0n) is 21.3. The summed E-state index contributed by atoms with van der Waals surface area (Å²) in [4.78, 5) is 5.95. The molecule has 0 aliphatic carbocycles. The van der Waals surface area contributed by atoms with Gasteiger partial charge in [-0.1, -0.05) is 0 Å². The largest absolute Gasteiger partial charge is 0.496 e. The van der Waals surface area contributed by atoms with Crippen LogP contribution in [0.15, 0.2) is 35.5 Å². The van der Waals surface area contributed by atoms with Crippen molar-refractivity contribution in [1.82, 2.24) is 10.2 Å². The Hall–Kier alpha value is -3.17. The maximum Gasteiger partial charge on any atom is 0.131 e. The number of rotatable bonds is 8. The Bertz CT molecular complexity index is 968. The minimum Gasteiger partial charge on any atom is -0.496 e. The average molecular weight is 470 g/mol. The van der Waals surface area contributed by atoms with Gasteiger partial charge < -0.3 is 26.1 Å². The number of ether oxygens (including phenoxy) is 1. The average Bonchev–Trinajstić information content (AvgIpc) is 2.77. The molecular weight excluding hydrogens is 430 g/mol. The number of anilines is 1. The first-order valence-corrected chi connectivity index (χ1v) is 11.2. The molecule has 2 rings (SSSR count). The first-order chi connectivity index (χ1) is 15.9. The molecule has 7 N–H and O–H groups in total. The molecule has 1 heterocycles. The molecule has 1 saturated heterocycles. The first kappa shape index (κ1) is 27.1. The molecule has 0 aromatic heterocycles. The third kappa shape index (κ3) is 6.45. The Morgan fingerprint density at radius 2 is 1.85 bits per heavy atom. The minimum atomic E-state index is -0.0342. The van der Waals surface area contributed by atoms with Gasteiger partial charge in [-0.2, -0.15) is 0 Å². The molecule has 0 atom stereocenters. The Morgan fingerprint density at radius 1 is 1.24 bits per heavy atom. The van der Waals surface area contributed by atoms with Gasteiger partial charge in [0.2, 0.25) is 0 Å². The van der Waals surface area contributed by atoms with Crippen molar-refractivity contribution in [3.63, 3.8) is 0 Å². The van der Waals surface area contributed by atoms with Gasteiger partial charge in [0.15, 0.2) is 0 Å². The lowest BCUT2D eigenvalue weighted by Crippen LogP contribution is -2.62. The molecule has 34 heavy (non-hydrogen) atoms. The number of piperidine rings is 1. The number of nitrogens with one attached hydrogen (secondary N) is 4. The van der Waals surface area contributed by atoms with Crippen LogP contribution in [0.1, 0.15) is 51.7 Å². The Kier molecular flexibility index (Phi) is 8.63. The third-order valence-corrected chi connectivity index (χ3v) is 6.00. The van der Waals surface area contributed by atoms with Crippen LogP contribution in [0.3, 0.4) is 0 Å². The SMILES string of the molecule is CN=CC(=CN)c1cc(NO)c(C(=N)C=CC(=N)N(C)C2CC(C)(C)NC(C)(C)C2)c(OC)c1. The molecule has 1 aliphatic rings. The zero-order valence-corrected chi connectivity index (χ0v) is 21.3. The highest BCUT2D eigenvalue weighted by molar-refractivity contribution is 6.16. The summed E-state index contributed by atoms with van der Waals surface area (Å²) >= 11 is 0. The lowest BCUT2D eigenvalue weighted by atomic mass is 9.79. The van der Waals surface area contributed by atoms with Crippen LogP contribution >= 0.6 is 0 Å². The first-order valence-electron chi connectivity index (χ1n) is 11.2. The van der Waals surface area contributed by atoms with Gasteiger partial charge >= 0.3 is 0 Å². The van der Waals surface area contributed by atoms with Crippen molar-refractivity contribution in [1.29, 1.82) is 10.8 Å². The van der Waals surface area contributed by atoms with Crippen LogP contribution in [0.5, 0.6) is 5.75 Å². The smallest absolute Gasteiger partial charge is 0.131 e. The second kappa shape index (κ2) is 10.8. The molecule has 9 nitrogen and oxygen atoms in total. The number of aliphatic imine (C=N–C) groups is 1. The van der Waals surface area contributed by atoms with Gasteiger partial charge in [-0.3, -0.25) is 21.1 Å². The van der Waals surface area contributed by atoms with Gasteiger partial charge in [0, 0.05) is 49.2 Å². The maximum atomic E-state index is 9.76. The summed E-state index contributed by atoms with van der Waals surface area (Å²) in [5.41, 5.74) is 9.86.